The SMILES string of the molecule is CCOC(=O)c1cnc(N2CCN(c3ccccn3)CC2)nc1N. The summed E-state index contributed by atoms with van der Waals surface area (Å²) in [6, 6.07) is 5.88. The van der Waals surface area contributed by atoms with Gasteiger partial charge < -0.3 is 20.3 Å². The molecule has 8 heteroatoms. The van der Waals surface area contributed by atoms with Crippen LogP contribution in [0.25, 0.3) is 0 Å². The third-order valence-electron chi connectivity index (χ3n) is 3.84. The first-order chi connectivity index (χ1) is 11.7. The molecule has 0 spiro atoms. The number of esters is 1. The second kappa shape index (κ2) is 7.12. The predicted octanol–water partition coefficient (Wildman–Crippen LogP) is 0.957. The van der Waals surface area contributed by atoms with E-state index in [9.17, 15) is 4.79 Å². The Balaban J connectivity index is 1.66. The van der Waals surface area contributed by atoms with E-state index in [2.05, 4.69) is 19.9 Å². The van der Waals surface area contributed by atoms with Crippen LogP contribution in [0.1, 0.15) is 17.3 Å². The molecular formula is C16H20N6O2. The largest absolute Gasteiger partial charge is 0.462 e. The van der Waals surface area contributed by atoms with Crippen LogP contribution in [0.15, 0.2) is 30.6 Å². The van der Waals surface area contributed by atoms with Crippen molar-refractivity contribution in [2.45, 2.75) is 6.92 Å². The van der Waals surface area contributed by atoms with Gasteiger partial charge >= 0.3 is 5.97 Å². The normalized spacial score (nSPS) is 14.5. The smallest absolute Gasteiger partial charge is 0.343 e. The molecule has 0 atom stereocenters. The zero-order valence-electron chi connectivity index (χ0n) is 13.6. The van der Waals surface area contributed by atoms with Crippen LogP contribution in [0, 0.1) is 0 Å². The lowest BCUT2D eigenvalue weighted by atomic mass is 10.3. The van der Waals surface area contributed by atoms with E-state index in [0.717, 1.165) is 32.0 Å². The number of carbonyl (C=O) groups is 1. The minimum atomic E-state index is -0.499. The Kier molecular flexibility index (Phi) is 4.74. The van der Waals surface area contributed by atoms with Crippen molar-refractivity contribution >= 4 is 23.6 Å². The number of rotatable bonds is 4. The summed E-state index contributed by atoms with van der Waals surface area (Å²) in [6.07, 6.45) is 3.22. The maximum absolute atomic E-state index is 11.7. The van der Waals surface area contributed by atoms with Crippen LogP contribution in [0.5, 0.6) is 0 Å². The third kappa shape index (κ3) is 3.37. The highest BCUT2D eigenvalue weighted by Crippen LogP contribution is 2.18. The van der Waals surface area contributed by atoms with E-state index in [0.29, 0.717) is 5.95 Å². The van der Waals surface area contributed by atoms with E-state index in [1.165, 1.54) is 6.20 Å². The topological polar surface area (TPSA) is 97.5 Å². The van der Waals surface area contributed by atoms with Gasteiger partial charge in [-0.05, 0) is 19.1 Å². The van der Waals surface area contributed by atoms with Gasteiger partial charge in [0.2, 0.25) is 5.95 Å². The lowest BCUT2D eigenvalue weighted by Gasteiger charge is -2.35. The van der Waals surface area contributed by atoms with Crippen molar-refractivity contribution in [3.63, 3.8) is 0 Å². The molecule has 2 N–H and O–H groups in total. The molecule has 1 aliphatic rings. The Hall–Kier alpha value is -2.90. The van der Waals surface area contributed by atoms with Crippen molar-refractivity contribution in [2.75, 3.05) is 48.3 Å². The Bertz CT molecular complexity index is 701. The molecule has 126 valence electrons. The summed E-state index contributed by atoms with van der Waals surface area (Å²) in [4.78, 5) is 28.9. The highest BCUT2D eigenvalue weighted by molar-refractivity contribution is 5.93. The molecule has 0 amide bonds. The van der Waals surface area contributed by atoms with E-state index in [-0.39, 0.29) is 18.0 Å². The Morgan fingerprint density at radius 3 is 2.58 bits per heavy atom. The molecule has 0 aliphatic carbocycles. The molecule has 0 bridgehead atoms. The molecule has 1 fully saturated rings. The number of hydrogen-bond acceptors (Lipinski definition) is 8. The number of aromatic nitrogens is 3. The van der Waals surface area contributed by atoms with E-state index in [1.807, 2.05) is 23.1 Å². The van der Waals surface area contributed by atoms with Crippen molar-refractivity contribution in [3.05, 3.63) is 36.2 Å². The standard InChI is InChI=1S/C16H20N6O2/c1-2-24-15(23)12-11-19-16(20-14(12)17)22-9-7-21(8-10-22)13-5-3-4-6-18-13/h3-6,11H,2,7-10H2,1H3,(H2,17,19,20). The second-order valence-electron chi connectivity index (χ2n) is 5.35. The minimum absolute atomic E-state index is 0.144. The minimum Gasteiger partial charge on any atom is -0.462 e. The molecule has 8 nitrogen and oxygen atoms in total. The van der Waals surface area contributed by atoms with Crippen molar-refractivity contribution in [2.24, 2.45) is 0 Å². The number of pyridine rings is 1. The molecule has 2 aromatic rings. The highest BCUT2D eigenvalue weighted by atomic mass is 16.5. The molecular weight excluding hydrogens is 308 g/mol. The number of carbonyl (C=O) groups excluding carboxylic acids is 1. The maximum atomic E-state index is 11.7. The van der Waals surface area contributed by atoms with Gasteiger partial charge in [0.15, 0.2) is 0 Å². The number of nitrogens with zero attached hydrogens (tertiary/aromatic N) is 5. The Morgan fingerprint density at radius 1 is 1.21 bits per heavy atom. The average Bonchev–Trinajstić information content (AvgIpc) is 2.62. The lowest BCUT2D eigenvalue weighted by Crippen LogP contribution is -2.47. The van der Waals surface area contributed by atoms with Gasteiger partial charge in [-0.3, -0.25) is 0 Å². The number of piperazine rings is 1. The molecule has 1 aliphatic heterocycles. The molecule has 1 saturated heterocycles. The molecule has 2 aromatic heterocycles. The highest BCUT2D eigenvalue weighted by Gasteiger charge is 2.21. The fraction of sp³-hybridized carbons (Fsp3) is 0.375. The van der Waals surface area contributed by atoms with Crippen LogP contribution in [-0.2, 0) is 4.74 Å². The molecule has 24 heavy (non-hydrogen) atoms. The molecule has 0 saturated carbocycles. The van der Waals surface area contributed by atoms with Gasteiger partial charge in [-0.1, -0.05) is 6.07 Å². The van der Waals surface area contributed by atoms with Crippen molar-refractivity contribution in [1.29, 1.82) is 0 Å². The summed E-state index contributed by atoms with van der Waals surface area (Å²) in [7, 11) is 0. The van der Waals surface area contributed by atoms with Crippen molar-refractivity contribution < 1.29 is 9.53 Å². The van der Waals surface area contributed by atoms with Crippen molar-refractivity contribution in [1.82, 2.24) is 15.0 Å². The van der Waals surface area contributed by atoms with E-state index >= 15 is 0 Å². The molecule has 3 heterocycles. The predicted molar refractivity (Wildman–Crippen MR) is 91.1 cm³/mol. The number of anilines is 3. The van der Waals surface area contributed by atoms with Crippen LogP contribution >= 0.6 is 0 Å². The first kappa shape index (κ1) is 16.0. The Morgan fingerprint density at radius 2 is 1.96 bits per heavy atom. The van der Waals surface area contributed by atoms with Gasteiger partial charge in [0, 0.05) is 38.6 Å². The number of ether oxygens (including phenoxy) is 1. The first-order valence-corrected chi connectivity index (χ1v) is 7.89. The average molecular weight is 328 g/mol. The van der Waals surface area contributed by atoms with Crippen molar-refractivity contribution in [3.8, 4) is 0 Å². The van der Waals surface area contributed by atoms with Gasteiger partial charge in [-0.25, -0.2) is 14.8 Å². The van der Waals surface area contributed by atoms with Gasteiger partial charge in [0.25, 0.3) is 0 Å². The summed E-state index contributed by atoms with van der Waals surface area (Å²) < 4.78 is 4.93. The van der Waals surface area contributed by atoms with Crippen LogP contribution in [-0.4, -0.2) is 53.7 Å². The fourth-order valence-corrected chi connectivity index (χ4v) is 2.58. The zero-order chi connectivity index (χ0) is 16.9. The van der Waals surface area contributed by atoms with Crippen LogP contribution in [0.4, 0.5) is 17.6 Å². The van der Waals surface area contributed by atoms with Crippen LogP contribution in [0.2, 0.25) is 0 Å². The molecule has 0 unspecified atom stereocenters. The quantitative estimate of drug-likeness (QED) is 0.829. The van der Waals surface area contributed by atoms with Gasteiger partial charge in [-0.2, -0.15) is 4.98 Å². The second-order valence-corrected chi connectivity index (χ2v) is 5.35. The summed E-state index contributed by atoms with van der Waals surface area (Å²) in [6.45, 7) is 5.18. The number of nitrogen functional groups attached to an aromatic ring is 1. The lowest BCUT2D eigenvalue weighted by molar-refractivity contribution is 0.0527. The van der Waals surface area contributed by atoms with Crippen LogP contribution in [0.3, 0.4) is 0 Å². The number of hydrogen-bond donors (Lipinski definition) is 1. The third-order valence-corrected chi connectivity index (χ3v) is 3.84. The first-order valence-electron chi connectivity index (χ1n) is 7.89. The number of nitrogens with two attached hydrogens (primary N) is 1. The van der Waals surface area contributed by atoms with Gasteiger partial charge in [-0.15, -0.1) is 0 Å². The van der Waals surface area contributed by atoms with E-state index < -0.39 is 5.97 Å². The summed E-state index contributed by atoms with van der Waals surface area (Å²) >= 11 is 0. The molecule has 0 aromatic carbocycles. The van der Waals surface area contributed by atoms with Crippen LogP contribution < -0.4 is 15.5 Å². The zero-order valence-corrected chi connectivity index (χ0v) is 13.6. The maximum Gasteiger partial charge on any atom is 0.343 e. The summed E-state index contributed by atoms with van der Waals surface area (Å²) in [5.74, 6) is 1.14. The van der Waals surface area contributed by atoms with Gasteiger partial charge in [0.1, 0.15) is 17.2 Å². The summed E-state index contributed by atoms with van der Waals surface area (Å²) in [5.41, 5.74) is 6.08. The molecule has 3 rings (SSSR count). The monoisotopic (exact) mass is 328 g/mol. The van der Waals surface area contributed by atoms with E-state index in [4.69, 9.17) is 10.5 Å². The fourth-order valence-electron chi connectivity index (χ4n) is 2.58. The molecule has 0 radical (unpaired) electrons. The summed E-state index contributed by atoms with van der Waals surface area (Å²) in [5, 5.41) is 0. The Labute approximate surface area is 140 Å². The van der Waals surface area contributed by atoms with Gasteiger partial charge in [0.05, 0.1) is 6.61 Å². The van der Waals surface area contributed by atoms with E-state index in [1.54, 1.807) is 13.1 Å².